The van der Waals surface area contributed by atoms with Gasteiger partial charge in [-0.15, -0.1) is 0 Å². The summed E-state index contributed by atoms with van der Waals surface area (Å²) in [6, 6.07) is 2.46. The lowest BCUT2D eigenvalue weighted by Crippen LogP contribution is -2.23. The maximum Gasteiger partial charge on any atom is 0.239 e. The maximum absolute atomic E-state index is 5.41. The number of nitrogens with one attached hydrogen (secondary N) is 1. The molecule has 2 atom stereocenters. The summed E-state index contributed by atoms with van der Waals surface area (Å²) in [7, 11) is 5.74. The van der Waals surface area contributed by atoms with Gasteiger partial charge in [0.1, 0.15) is 5.69 Å². The summed E-state index contributed by atoms with van der Waals surface area (Å²) in [4.78, 5) is 6.40. The number of rotatable bonds is 8. The molecule has 0 amide bonds. The quantitative estimate of drug-likeness (QED) is 0.785. The third-order valence-electron chi connectivity index (χ3n) is 3.79. The van der Waals surface area contributed by atoms with Gasteiger partial charge in [-0.1, -0.05) is 27.2 Å². The van der Waals surface area contributed by atoms with Crippen LogP contribution < -0.4 is 15.0 Å². The standard InChI is InChI=1S/C16H29N3O/c1-7-12(3)11-13(8-2)18-15-14(19(4)5)9-10-17-16(15)20-6/h9-10,12-13,18H,7-8,11H2,1-6H3. The van der Waals surface area contributed by atoms with Crippen LogP contribution in [0.3, 0.4) is 0 Å². The van der Waals surface area contributed by atoms with Crippen molar-refractivity contribution in [3.05, 3.63) is 12.3 Å². The van der Waals surface area contributed by atoms with Crippen LogP contribution >= 0.6 is 0 Å². The van der Waals surface area contributed by atoms with Crippen molar-refractivity contribution < 1.29 is 4.74 Å². The van der Waals surface area contributed by atoms with E-state index in [-0.39, 0.29) is 0 Å². The van der Waals surface area contributed by atoms with Crippen molar-refractivity contribution in [2.24, 2.45) is 5.92 Å². The number of nitrogens with zero attached hydrogens (tertiary/aromatic N) is 2. The smallest absolute Gasteiger partial charge is 0.239 e. The Labute approximate surface area is 123 Å². The lowest BCUT2D eigenvalue weighted by Gasteiger charge is -2.26. The van der Waals surface area contributed by atoms with Crippen LogP contribution in [0.5, 0.6) is 5.88 Å². The summed E-state index contributed by atoms with van der Waals surface area (Å²) in [5, 5.41) is 3.63. The zero-order valence-electron chi connectivity index (χ0n) is 13.7. The first-order valence-electron chi connectivity index (χ1n) is 7.50. The second kappa shape index (κ2) is 7.98. The summed E-state index contributed by atoms with van der Waals surface area (Å²) < 4.78 is 5.41. The van der Waals surface area contributed by atoms with Crippen molar-refractivity contribution in [1.82, 2.24) is 4.98 Å². The van der Waals surface area contributed by atoms with E-state index in [0.717, 1.165) is 30.1 Å². The predicted molar refractivity (Wildman–Crippen MR) is 86.9 cm³/mol. The molecule has 1 rings (SSSR count). The maximum atomic E-state index is 5.41. The summed E-state index contributed by atoms with van der Waals surface area (Å²) in [5.41, 5.74) is 2.11. The number of ether oxygens (including phenoxy) is 1. The minimum Gasteiger partial charge on any atom is -0.479 e. The van der Waals surface area contributed by atoms with Gasteiger partial charge in [0, 0.05) is 26.3 Å². The molecule has 1 aromatic rings. The molecule has 0 bridgehead atoms. The summed E-state index contributed by atoms with van der Waals surface area (Å²) in [6.45, 7) is 6.77. The van der Waals surface area contributed by atoms with Gasteiger partial charge in [-0.2, -0.15) is 0 Å². The molecule has 0 fully saturated rings. The van der Waals surface area contributed by atoms with Crippen LogP contribution in [0.2, 0.25) is 0 Å². The Morgan fingerprint density at radius 3 is 2.50 bits per heavy atom. The second-order valence-corrected chi connectivity index (χ2v) is 5.61. The highest BCUT2D eigenvalue weighted by Gasteiger charge is 2.17. The van der Waals surface area contributed by atoms with Gasteiger partial charge in [-0.05, 0) is 24.8 Å². The third kappa shape index (κ3) is 4.29. The van der Waals surface area contributed by atoms with Gasteiger partial charge in [0.05, 0.1) is 12.8 Å². The van der Waals surface area contributed by atoms with E-state index in [4.69, 9.17) is 4.74 Å². The number of hydrogen-bond acceptors (Lipinski definition) is 4. The fourth-order valence-electron chi connectivity index (χ4n) is 2.28. The predicted octanol–water partition coefficient (Wildman–Crippen LogP) is 3.78. The van der Waals surface area contributed by atoms with Crippen LogP contribution in [0, 0.1) is 5.92 Å². The molecule has 0 aliphatic heterocycles. The van der Waals surface area contributed by atoms with Crippen LogP contribution in [0.25, 0.3) is 0 Å². The molecule has 1 aromatic heterocycles. The van der Waals surface area contributed by atoms with Crippen molar-refractivity contribution in [2.45, 2.75) is 46.1 Å². The minimum absolute atomic E-state index is 0.446. The Hall–Kier alpha value is -1.45. The van der Waals surface area contributed by atoms with Crippen LogP contribution in [-0.4, -0.2) is 32.2 Å². The molecule has 0 saturated carbocycles. The van der Waals surface area contributed by atoms with Gasteiger partial charge in [-0.25, -0.2) is 4.98 Å². The molecule has 2 unspecified atom stereocenters. The number of aromatic nitrogens is 1. The molecule has 0 aliphatic carbocycles. The lowest BCUT2D eigenvalue weighted by molar-refractivity contribution is 0.397. The number of hydrogen-bond donors (Lipinski definition) is 1. The minimum atomic E-state index is 0.446. The first-order valence-corrected chi connectivity index (χ1v) is 7.50. The average molecular weight is 279 g/mol. The Balaban J connectivity index is 2.98. The van der Waals surface area contributed by atoms with E-state index in [1.54, 1.807) is 13.3 Å². The van der Waals surface area contributed by atoms with Gasteiger partial charge >= 0.3 is 0 Å². The third-order valence-corrected chi connectivity index (χ3v) is 3.79. The van der Waals surface area contributed by atoms with Crippen molar-refractivity contribution in [1.29, 1.82) is 0 Å². The SMILES string of the molecule is CCC(C)CC(CC)Nc1c(N(C)C)ccnc1OC. The van der Waals surface area contributed by atoms with E-state index in [1.807, 2.05) is 20.2 Å². The molecule has 0 aromatic carbocycles. The van der Waals surface area contributed by atoms with Crippen molar-refractivity contribution in [3.8, 4) is 5.88 Å². The normalized spacial score (nSPS) is 13.7. The lowest BCUT2D eigenvalue weighted by atomic mass is 9.97. The summed E-state index contributed by atoms with van der Waals surface area (Å²) in [5.74, 6) is 1.39. The molecule has 0 saturated heterocycles. The largest absolute Gasteiger partial charge is 0.479 e. The number of anilines is 2. The van der Waals surface area contributed by atoms with Gasteiger partial charge in [0.15, 0.2) is 0 Å². The molecule has 0 spiro atoms. The Morgan fingerprint density at radius 1 is 1.30 bits per heavy atom. The molecule has 1 N–H and O–H groups in total. The van der Waals surface area contributed by atoms with Crippen LogP contribution in [0.1, 0.15) is 40.0 Å². The molecule has 0 radical (unpaired) electrons. The molecular formula is C16H29N3O. The molecule has 1 heterocycles. The number of pyridine rings is 1. The van der Waals surface area contributed by atoms with Crippen LogP contribution in [0.4, 0.5) is 11.4 Å². The first kappa shape index (κ1) is 16.6. The Kier molecular flexibility index (Phi) is 6.62. The summed E-state index contributed by atoms with van der Waals surface area (Å²) in [6.07, 6.45) is 5.25. The highest BCUT2D eigenvalue weighted by atomic mass is 16.5. The average Bonchev–Trinajstić information content (AvgIpc) is 2.45. The van der Waals surface area contributed by atoms with Crippen LogP contribution in [0.15, 0.2) is 12.3 Å². The Morgan fingerprint density at radius 2 is 2.00 bits per heavy atom. The van der Waals surface area contributed by atoms with E-state index < -0.39 is 0 Å². The zero-order valence-corrected chi connectivity index (χ0v) is 13.7. The van der Waals surface area contributed by atoms with Gasteiger partial charge < -0.3 is 15.0 Å². The van der Waals surface area contributed by atoms with E-state index in [2.05, 4.69) is 36.0 Å². The van der Waals surface area contributed by atoms with E-state index in [9.17, 15) is 0 Å². The Bertz CT molecular complexity index is 407. The second-order valence-electron chi connectivity index (χ2n) is 5.61. The molecular weight excluding hydrogens is 250 g/mol. The highest BCUT2D eigenvalue weighted by molar-refractivity contribution is 5.74. The van der Waals surface area contributed by atoms with Gasteiger partial charge in [-0.3, -0.25) is 0 Å². The monoisotopic (exact) mass is 279 g/mol. The molecule has 4 heteroatoms. The fraction of sp³-hybridized carbons (Fsp3) is 0.688. The topological polar surface area (TPSA) is 37.4 Å². The van der Waals surface area contributed by atoms with Gasteiger partial charge in [0.25, 0.3) is 0 Å². The molecule has 4 nitrogen and oxygen atoms in total. The summed E-state index contributed by atoms with van der Waals surface area (Å²) >= 11 is 0. The van der Waals surface area contributed by atoms with E-state index in [1.165, 1.54) is 6.42 Å². The zero-order chi connectivity index (χ0) is 15.1. The molecule has 114 valence electrons. The fourth-order valence-corrected chi connectivity index (χ4v) is 2.28. The van der Waals surface area contributed by atoms with Crippen molar-refractivity contribution >= 4 is 11.4 Å². The van der Waals surface area contributed by atoms with Crippen molar-refractivity contribution in [3.63, 3.8) is 0 Å². The first-order chi connectivity index (χ1) is 9.53. The number of methoxy groups -OCH3 is 1. The molecule has 0 aliphatic rings. The highest BCUT2D eigenvalue weighted by Crippen LogP contribution is 2.33. The van der Waals surface area contributed by atoms with Crippen LogP contribution in [-0.2, 0) is 0 Å². The molecule has 20 heavy (non-hydrogen) atoms. The van der Waals surface area contributed by atoms with E-state index >= 15 is 0 Å². The van der Waals surface area contributed by atoms with E-state index in [0.29, 0.717) is 11.9 Å². The van der Waals surface area contributed by atoms with Gasteiger partial charge in [0.2, 0.25) is 5.88 Å². The van der Waals surface area contributed by atoms with Crippen molar-refractivity contribution in [2.75, 3.05) is 31.4 Å².